The molecule has 8 nitrogen and oxygen atoms in total. The molecule has 3 heterocycles. The Morgan fingerprint density at radius 2 is 1.79 bits per heavy atom. The molecule has 2 aromatic rings. The number of aliphatic carboxylic acids is 1. The second-order valence-corrected chi connectivity index (χ2v) is 7.97. The summed E-state index contributed by atoms with van der Waals surface area (Å²) in [4.78, 5) is 26.2. The van der Waals surface area contributed by atoms with Crippen LogP contribution in [-0.2, 0) is 9.53 Å². The molecular formula is C21H26N4O4. The maximum absolute atomic E-state index is 13.0. The Balaban J connectivity index is 1.43. The molecule has 1 aromatic heterocycles. The average molecular weight is 398 g/mol. The molecule has 2 fully saturated rings. The molecule has 1 N–H and O–H groups in total. The van der Waals surface area contributed by atoms with E-state index < -0.39 is 11.9 Å². The molecular weight excluding hydrogens is 372 g/mol. The third-order valence-corrected chi connectivity index (χ3v) is 6.12. The number of benzene rings is 1. The number of rotatable bonds is 4. The number of carboxylic acid groups (broad SMARTS) is 1. The molecule has 0 bridgehead atoms. The van der Waals surface area contributed by atoms with Gasteiger partial charge in [0, 0.05) is 19.7 Å². The second-order valence-electron chi connectivity index (χ2n) is 7.97. The maximum atomic E-state index is 13.0. The highest BCUT2D eigenvalue weighted by atomic mass is 16.5. The maximum Gasteiger partial charge on any atom is 0.309 e. The van der Waals surface area contributed by atoms with Gasteiger partial charge < -0.3 is 14.7 Å². The van der Waals surface area contributed by atoms with Gasteiger partial charge in [0.1, 0.15) is 0 Å². The fourth-order valence-corrected chi connectivity index (χ4v) is 4.38. The standard InChI is InChI=1S/C21H26N4O4/c1-13-3-5-16(6-4-13)25-14(2)18(22-23-25)20(26)24-10-7-15(8-11-24)19-17(21(27)28)9-12-29-19/h3-6,15,17,19H,7-12H2,1-2H3,(H,27,28)/t17?,19-/m0/s1. The van der Waals surface area contributed by atoms with Gasteiger partial charge in [-0.15, -0.1) is 5.10 Å². The van der Waals surface area contributed by atoms with Crippen LogP contribution in [0.2, 0.25) is 0 Å². The molecule has 1 unspecified atom stereocenters. The van der Waals surface area contributed by atoms with Gasteiger partial charge in [0.15, 0.2) is 5.69 Å². The zero-order chi connectivity index (χ0) is 20.5. The van der Waals surface area contributed by atoms with Crippen LogP contribution in [0, 0.1) is 25.7 Å². The predicted molar refractivity (Wildman–Crippen MR) is 105 cm³/mol. The van der Waals surface area contributed by atoms with Crippen molar-refractivity contribution in [1.82, 2.24) is 19.9 Å². The predicted octanol–water partition coefficient (Wildman–Crippen LogP) is 2.23. The summed E-state index contributed by atoms with van der Waals surface area (Å²) in [5.41, 5.74) is 3.11. The summed E-state index contributed by atoms with van der Waals surface area (Å²) in [6.45, 7) is 5.52. The first kappa shape index (κ1) is 19.6. The van der Waals surface area contributed by atoms with Crippen molar-refractivity contribution in [1.29, 1.82) is 0 Å². The van der Waals surface area contributed by atoms with Crippen LogP contribution in [-0.4, -0.2) is 62.7 Å². The van der Waals surface area contributed by atoms with Crippen LogP contribution in [0.25, 0.3) is 5.69 Å². The Labute approximate surface area is 169 Å². The van der Waals surface area contributed by atoms with Gasteiger partial charge >= 0.3 is 5.97 Å². The van der Waals surface area contributed by atoms with Crippen molar-refractivity contribution >= 4 is 11.9 Å². The number of aromatic nitrogens is 3. The minimum Gasteiger partial charge on any atom is -0.481 e. The summed E-state index contributed by atoms with van der Waals surface area (Å²) in [5.74, 6) is -1.17. The second kappa shape index (κ2) is 7.94. The normalized spacial score (nSPS) is 22.8. The quantitative estimate of drug-likeness (QED) is 0.848. The fraction of sp³-hybridized carbons (Fsp3) is 0.524. The van der Waals surface area contributed by atoms with E-state index in [4.69, 9.17) is 4.74 Å². The van der Waals surface area contributed by atoms with E-state index in [1.165, 1.54) is 0 Å². The van der Waals surface area contributed by atoms with Gasteiger partial charge in [0.2, 0.25) is 0 Å². The molecule has 4 rings (SSSR count). The summed E-state index contributed by atoms with van der Waals surface area (Å²) < 4.78 is 7.40. The van der Waals surface area contributed by atoms with Gasteiger partial charge in [-0.1, -0.05) is 22.9 Å². The summed E-state index contributed by atoms with van der Waals surface area (Å²) in [6, 6.07) is 7.91. The summed E-state index contributed by atoms with van der Waals surface area (Å²) in [6.07, 6.45) is 1.81. The van der Waals surface area contributed by atoms with Gasteiger partial charge in [-0.2, -0.15) is 0 Å². The van der Waals surface area contributed by atoms with Crippen LogP contribution >= 0.6 is 0 Å². The molecule has 0 radical (unpaired) electrons. The third kappa shape index (κ3) is 3.76. The molecule has 2 saturated heterocycles. The lowest BCUT2D eigenvalue weighted by Crippen LogP contribution is -2.43. The van der Waals surface area contributed by atoms with Crippen molar-refractivity contribution in [3.63, 3.8) is 0 Å². The van der Waals surface area contributed by atoms with Crippen LogP contribution in [0.15, 0.2) is 24.3 Å². The van der Waals surface area contributed by atoms with E-state index in [1.54, 1.807) is 9.58 Å². The molecule has 0 spiro atoms. The Hall–Kier alpha value is -2.74. The molecule has 1 amide bonds. The van der Waals surface area contributed by atoms with Crippen LogP contribution in [0.4, 0.5) is 0 Å². The van der Waals surface area contributed by atoms with E-state index in [9.17, 15) is 14.7 Å². The van der Waals surface area contributed by atoms with Crippen molar-refractivity contribution in [3.05, 3.63) is 41.2 Å². The first-order valence-electron chi connectivity index (χ1n) is 10.1. The van der Waals surface area contributed by atoms with Crippen molar-refractivity contribution in [2.45, 2.75) is 39.2 Å². The van der Waals surface area contributed by atoms with Gasteiger partial charge in [0.05, 0.1) is 23.4 Å². The van der Waals surface area contributed by atoms with E-state index in [0.717, 1.165) is 24.1 Å². The van der Waals surface area contributed by atoms with E-state index in [0.29, 0.717) is 37.5 Å². The number of ether oxygens (including phenoxy) is 1. The summed E-state index contributed by atoms with van der Waals surface area (Å²) in [7, 11) is 0. The Bertz CT molecular complexity index is 900. The van der Waals surface area contributed by atoms with E-state index >= 15 is 0 Å². The molecule has 154 valence electrons. The number of hydrogen-bond donors (Lipinski definition) is 1. The van der Waals surface area contributed by atoms with Crippen LogP contribution in [0.1, 0.15) is 41.0 Å². The van der Waals surface area contributed by atoms with Crippen LogP contribution in [0.5, 0.6) is 0 Å². The van der Waals surface area contributed by atoms with Crippen LogP contribution < -0.4 is 0 Å². The van der Waals surface area contributed by atoms with Crippen molar-refractivity contribution in [2.24, 2.45) is 11.8 Å². The number of carbonyl (C=O) groups excluding carboxylic acids is 1. The molecule has 8 heteroatoms. The fourth-order valence-electron chi connectivity index (χ4n) is 4.38. The van der Waals surface area contributed by atoms with Crippen molar-refractivity contribution in [2.75, 3.05) is 19.7 Å². The average Bonchev–Trinajstić information content (AvgIpc) is 3.35. The van der Waals surface area contributed by atoms with Crippen LogP contribution in [0.3, 0.4) is 0 Å². The molecule has 0 saturated carbocycles. The number of aryl methyl sites for hydroxylation is 1. The molecule has 2 aliphatic rings. The first-order valence-corrected chi connectivity index (χ1v) is 10.1. The highest BCUT2D eigenvalue weighted by Gasteiger charge is 2.41. The van der Waals surface area contributed by atoms with Gasteiger partial charge in [0.25, 0.3) is 5.91 Å². The lowest BCUT2D eigenvalue weighted by molar-refractivity contribution is -0.145. The number of hydrogen-bond acceptors (Lipinski definition) is 5. The van der Waals surface area contributed by atoms with Crippen molar-refractivity contribution in [3.8, 4) is 5.69 Å². The highest BCUT2D eigenvalue weighted by Crippen LogP contribution is 2.33. The van der Waals surface area contributed by atoms with Gasteiger partial charge in [-0.25, -0.2) is 4.68 Å². The lowest BCUT2D eigenvalue weighted by Gasteiger charge is -2.35. The number of carboxylic acids is 1. The highest BCUT2D eigenvalue weighted by molar-refractivity contribution is 5.93. The Morgan fingerprint density at radius 3 is 2.45 bits per heavy atom. The minimum atomic E-state index is -0.783. The topological polar surface area (TPSA) is 97.5 Å². The van der Waals surface area contributed by atoms with Crippen molar-refractivity contribution < 1.29 is 19.4 Å². The van der Waals surface area contributed by atoms with E-state index in [2.05, 4.69) is 10.3 Å². The Morgan fingerprint density at radius 1 is 1.10 bits per heavy atom. The SMILES string of the molecule is Cc1ccc(-n2nnc(C(=O)N3CCC([C@@H]4OCCC4C(=O)O)CC3)c2C)cc1. The van der Waals surface area contributed by atoms with Gasteiger partial charge in [-0.3, -0.25) is 9.59 Å². The number of nitrogens with zero attached hydrogens (tertiary/aromatic N) is 4. The monoisotopic (exact) mass is 398 g/mol. The largest absolute Gasteiger partial charge is 0.481 e. The molecule has 29 heavy (non-hydrogen) atoms. The third-order valence-electron chi connectivity index (χ3n) is 6.12. The molecule has 0 aliphatic carbocycles. The lowest BCUT2D eigenvalue weighted by atomic mass is 9.84. The van der Waals surface area contributed by atoms with E-state index in [1.807, 2.05) is 38.1 Å². The molecule has 2 aliphatic heterocycles. The zero-order valence-electron chi connectivity index (χ0n) is 16.7. The number of likely N-dealkylation sites (tertiary alicyclic amines) is 1. The summed E-state index contributed by atoms with van der Waals surface area (Å²) >= 11 is 0. The molecule has 1 aromatic carbocycles. The van der Waals surface area contributed by atoms with Gasteiger partial charge in [-0.05, 0) is 51.2 Å². The number of amides is 1. The first-order chi connectivity index (χ1) is 14.0. The van der Waals surface area contributed by atoms with E-state index in [-0.39, 0.29) is 17.9 Å². The smallest absolute Gasteiger partial charge is 0.309 e. The summed E-state index contributed by atoms with van der Waals surface area (Å²) in [5, 5.41) is 17.7. The minimum absolute atomic E-state index is 0.124. The number of piperidine rings is 1. The Kier molecular flexibility index (Phi) is 5.36. The zero-order valence-corrected chi connectivity index (χ0v) is 16.7. The number of carbonyl (C=O) groups is 2. The molecule has 2 atom stereocenters.